The molecular weight excluding hydrogens is 238 g/mol. The maximum atomic E-state index is 7.60. The SMILES string of the molecule is COCCN(CCCC(C)(C)C(=N)N)C(C)C1CC1. The maximum Gasteiger partial charge on any atom is 0.0963 e. The van der Waals surface area contributed by atoms with Gasteiger partial charge in [-0.15, -0.1) is 0 Å². The lowest BCUT2D eigenvalue weighted by Gasteiger charge is -2.30. The Bertz CT molecular complexity index is 287. The van der Waals surface area contributed by atoms with Gasteiger partial charge in [0.25, 0.3) is 0 Å². The highest BCUT2D eigenvalue weighted by Crippen LogP contribution is 2.35. The molecule has 112 valence electrons. The molecule has 0 radical (unpaired) electrons. The van der Waals surface area contributed by atoms with Gasteiger partial charge < -0.3 is 10.5 Å². The molecule has 1 aliphatic carbocycles. The van der Waals surface area contributed by atoms with E-state index in [4.69, 9.17) is 15.9 Å². The number of hydrogen-bond acceptors (Lipinski definition) is 3. The van der Waals surface area contributed by atoms with Crippen LogP contribution in [0.2, 0.25) is 0 Å². The lowest BCUT2D eigenvalue weighted by molar-refractivity contribution is 0.114. The first-order valence-electron chi connectivity index (χ1n) is 7.46. The van der Waals surface area contributed by atoms with Crippen molar-refractivity contribution in [2.45, 2.75) is 52.5 Å². The fraction of sp³-hybridized carbons (Fsp3) is 0.933. The van der Waals surface area contributed by atoms with Crippen molar-refractivity contribution in [3.63, 3.8) is 0 Å². The second-order valence-corrected chi connectivity index (χ2v) is 6.51. The smallest absolute Gasteiger partial charge is 0.0963 e. The van der Waals surface area contributed by atoms with Gasteiger partial charge in [0.1, 0.15) is 0 Å². The number of rotatable bonds is 10. The Balaban J connectivity index is 2.37. The Morgan fingerprint density at radius 3 is 2.53 bits per heavy atom. The molecule has 4 nitrogen and oxygen atoms in total. The van der Waals surface area contributed by atoms with Gasteiger partial charge in [0.05, 0.1) is 12.4 Å². The van der Waals surface area contributed by atoms with Crippen molar-refractivity contribution < 1.29 is 4.74 Å². The summed E-state index contributed by atoms with van der Waals surface area (Å²) in [6.45, 7) is 9.33. The normalized spacial score (nSPS) is 17.7. The highest BCUT2D eigenvalue weighted by Gasteiger charge is 2.32. The number of amidine groups is 1. The minimum atomic E-state index is -0.171. The monoisotopic (exact) mass is 269 g/mol. The van der Waals surface area contributed by atoms with Crippen molar-refractivity contribution in [1.29, 1.82) is 5.41 Å². The Hall–Kier alpha value is -0.610. The largest absolute Gasteiger partial charge is 0.387 e. The Morgan fingerprint density at radius 1 is 1.42 bits per heavy atom. The maximum absolute atomic E-state index is 7.60. The molecule has 1 fully saturated rings. The van der Waals surface area contributed by atoms with Crippen molar-refractivity contribution >= 4 is 5.84 Å². The molecule has 0 amide bonds. The van der Waals surface area contributed by atoms with Crippen LogP contribution in [0.5, 0.6) is 0 Å². The molecule has 0 aromatic rings. The first-order valence-corrected chi connectivity index (χ1v) is 7.46. The van der Waals surface area contributed by atoms with E-state index in [1.807, 2.05) is 0 Å². The van der Waals surface area contributed by atoms with Crippen LogP contribution in [0.1, 0.15) is 46.5 Å². The van der Waals surface area contributed by atoms with Crippen LogP contribution in [0.25, 0.3) is 0 Å². The minimum absolute atomic E-state index is 0.171. The number of ether oxygens (including phenoxy) is 1. The summed E-state index contributed by atoms with van der Waals surface area (Å²) in [4.78, 5) is 2.54. The average molecular weight is 269 g/mol. The van der Waals surface area contributed by atoms with E-state index in [1.165, 1.54) is 12.8 Å². The fourth-order valence-electron chi connectivity index (χ4n) is 2.46. The molecule has 0 bridgehead atoms. The van der Waals surface area contributed by atoms with E-state index in [-0.39, 0.29) is 5.41 Å². The fourth-order valence-corrected chi connectivity index (χ4v) is 2.46. The van der Waals surface area contributed by atoms with Crippen LogP contribution >= 0.6 is 0 Å². The predicted molar refractivity (Wildman–Crippen MR) is 80.6 cm³/mol. The van der Waals surface area contributed by atoms with E-state index in [0.29, 0.717) is 11.9 Å². The van der Waals surface area contributed by atoms with Crippen molar-refractivity contribution in [3.05, 3.63) is 0 Å². The van der Waals surface area contributed by atoms with Gasteiger partial charge in [-0.1, -0.05) is 13.8 Å². The Kier molecular flexibility index (Phi) is 6.27. The van der Waals surface area contributed by atoms with E-state index in [1.54, 1.807) is 7.11 Å². The number of hydrogen-bond donors (Lipinski definition) is 2. The van der Waals surface area contributed by atoms with Crippen molar-refractivity contribution in [2.75, 3.05) is 26.8 Å². The lowest BCUT2D eigenvalue weighted by atomic mass is 9.86. The van der Waals surface area contributed by atoms with Gasteiger partial charge in [-0.25, -0.2) is 0 Å². The van der Waals surface area contributed by atoms with Gasteiger partial charge in [0.15, 0.2) is 0 Å². The first kappa shape index (κ1) is 16.4. The molecule has 19 heavy (non-hydrogen) atoms. The van der Waals surface area contributed by atoms with Gasteiger partial charge in [0, 0.05) is 25.1 Å². The molecule has 1 saturated carbocycles. The molecule has 0 aromatic carbocycles. The summed E-state index contributed by atoms with van der Waals surface area (Å²) in [5, 5.41) is 7.60. The summed E-state index contributed by atoms with van der Waals surface area (Å²) in [5.41, 5.74) is 5.46. The summed E-state index contributed by atoms with van der Waals surface area (Å²) < 4.78 is 5.21. The number of nitrogens with one attached hydrogen (secondary N) is 1. The zero-order valence-corrected chi connectivity index (χ0v) is 13.0. The molecule has 1 aliphatic rings. The first-order chi connectivity index (χ1) is 8.88. The lowest BCUT2D eigenvalue weighted by Crippen LogP contribution is -2.39. The summed E-state index contributed by atoms with van der Waals surface area (Å²) in [7, 11) is 1.76. The molecule has 3 N–H and O–H groups in total. The molecule has 0 heterocycles. The van der Waals surface area contributed by atoms with Crippen LogP contribution in [0, 0.1) is 16.7 Å². The van der Waals surface area contributed by atoms with Gasteiger partial charge in [-0.3, -0.25) is 10.3 Å². The van der Waals surface area contributed by atoms with E-state index >= 15 is 0 Å². The van der Waals surface area contributed by atoms with Gasteiger partial charge in [0.2, 0.25) is 0 Å². The van der Waals surface area contributed by atoms with E-state index in [2.05, 4.69) is 25.7 Å². The summed E-state index contributed by atoms with van der Waals surface area (Å²) in [5.74, 6) is 1.18. The molecule has 0 spiro atoms. The van der Waals surface area contributed by atoms with Gasteiger partial charge in [-0.05, 0) is 45.1 Å². The third-order valence-corrected chi connectivity index (χ3v) is 4.44. The number of nitrogens with two attached hydrogens (primary N) is 1. The molecule has 0 saturated heterocycles. The van der Waals surface area contributed by atoms with Crippen molar-refractivity contribution in [1.82, 2.24) is 4.90 Å². The Morgan fingerprint density at radius 2 is 2.05 bits per heavy atom. The second-order valence-electron chi connectivity index (χ2n) is 6.51. The summed E-state index contributed by atoms with van der Waals surface area (Å²) >= 11 is 0. The molecular formula is C15H31N3O. The summed E-state index contributed by atoms with van der Waals surface area (Å²) in [6.07, 6.45) is 4.82. The van der Waals surface area contributed by atoms with E-state index < -0.39 is 0 Å². The molecule has 1 unspecified atom stereocenters. The quantitative estimate of drug-likeness (QED) is 0.473. The van der Waals surface area contributed by atoms with Crippen LogP contribution in [-0.4, -0.2) is 43.6 Å². The number of nitrogens with zero attached hydrogens (tertiary/aromatic N) is 1. The van der Waals surface area contributed by atoms with Gasteiger partial charge >= 0.3 is 0 Å². The minimum Gasteiger partial charge on any atom is -0.387 e. The van der Waals surface area contributed by atoms with Crippen LogP contribution < -0.4 is 5.73 Å². The predicted octanol–water partition coefficient (Wildman–Crippen LogP) is 2.48. The zero-order chi connectivity index (χ0) is 14.5. The summed E-state index contributed by atoms with van der Waals surface area (Å²) in [6, 6.07) is 0.663. The molecule has 1 rings (SSSR count). The van der Waals surface area contributed by atoms with E-state index in [0.717, 1.165) is 38.5 Å². The van der Waals surface area contributed by atoms with Crippen LogP contribution in [0.4, 0.5) is 0 Å². The highest BCUT2D eigenvalue weighted by molar-refractivity contribution is 5.82. The third kappa shape index (κ3) is 5.49. The van der Waals surface area contributed by atoms with Crippen LogP contribution in [0.3, 0.4) is 0 Å². The highest BCUT2D eigenvalue weighted by atomic mass is 16.5. The molecule has 0 aliphatic heterocycles. The van der Waals surface area contributed by atoms with Crippen LogP contribution in [0.15, 0.2) is 0 Å². The van der Waals surface area contributed by atoms with Gasteiger partial charge in [-0.2, -0.15) is 0 Å². The standard InChI is InChI=1S/C15H31N3O/c1-12(13-6-7-13)18(10-11-19-4)9-5-8-15(2,3)14(16)17/h12-13H,5-11H2,1-4H3,(H3,16,17). The molecule has 0 aromatic heterocycles. The topological polar surface area (TPSA) is 62.3 Å². The average Bonchev–Trinajstić information content (AvgIpc) is 3.16. The Labute approximate surface area is 118 Å². The van der Waals surface area contributed by atoms with E-state index in [9.17, 15) is 0 Å². The molecule has 1 atom stereocenters. The molecule has 4 heteroatoms. The second kappa shape index (κ2) is 7.25. The van der Waals surface area contributed by atoms with Crippen molar-refractivity contribution in [3.8, 4) is 0 Å². The van der Waals surface area contributed by atoms with Crippen LogP contribution in [-0.2, 0) is 4.74 Å². The third-order valence-electron chi connectivity index (χ3n) is 4.44. The zero-order valence-electron chi connectivity index (χ0n) is 13.0. The van der Waals surface area contributed by atoms with Crippen molar-refractivity contribution in [2.24, 2.45) is 17.1 Å². The number of methoxy groups -OCH3 is 1.